The van der Waals surface area contributed by atoms with Crippen LogP contribution < -0.4 is 4.18 Å². The van der Waals surface area contributed by atoms with Gasteiger partial charge in [-0.2, -0.15) is 25.6 Å². The molecule has 1 atom stereocenters. The Morgan fingerprint density at radius 2 is 1.50 bits per heavy atom. The maximum atomic E-state index is 15.1. The minimum Gasteiger partial charge on any atom is -0.380 e. The maximum Gasteiger partial charge on any atom is 0.519 e. The van der Waals surface area contributed by atoms with Crippen LogP contribution in [0, 0.1) is 5.92 Å². The number of alkyl halides is 2. The Morgan fingerprint density at radius 1 is 0.947 bits per heavy atom. The molecule has 0 fully saturated rings. The van der Waals surface area contributed by atoms with Gasteiger partial charge in [0.1, 0.15) is 0 Å². The van der Waals surface area contributed by atoms with Gasteiger partial charge in [0.2, 0.25) is 0 Å². The van der Waals surface area contributed by atoms with Crippen LogP contribution in [0.5, 0.6) is 5.75 Å². The fourth-order valence-electron chi connectivity index (χ4n) is 4.02. The molecule has 0 aromatic heterocycles. The van der Waals surface area contributed by atoms with Crippen LogP contribution in [-0.4, -0.2) is 41.4 Å². The molecular formula is C25H31F2NO8S2. The first-order valence-electron chi connectivity index (χ1n) is 11.6. The van der Waals surface area contributed by atoms with Gasteiger partial charge < -0.3 is 13.7 Å². The van der Waals surface area contributed by atoms with Gasteiger partial charge in [-0.25, -0.2) is 0 Å². The normalized spacial score (nSPS) is 17.5. The molecule has 13 heteroatoms. The van der Waals surface area contributed by atoms with Crippen molar-refractivity contribution in [3.05, 3.63) is 64.2 Å². The summed E-state index contributed by atoms with van der Waals surface area (Å²) in [7, 11) is -9.62. The van der Waals surface area contributed by atoms with E-state index in [-0.39, 0.29) is 36.0 Å². The largest absolute Gasteiger partial charge is 0.519 e. The number of methoxy groups -OCH3 is 2. The number of halogens is 2. The predicted molar refractivity (Wildman–Crippen MR) is 137 cm³/mol. The molecule has 0 saturated carbocycles. The Kier molecular flexibility index (Phi) is 8.56. The summed E-state index contributed by atoms with van der Waals surface area (Å²) in [6.45, 7) is 7.00. The van der Waals surface area contributed by atoms with Crippen molar-refractivity contribution in [3.8, 4) is 5.75 Å². The Hall–Kier alpha value is -2.61. The first-order valence-corrected chi connectivity index (χ1v) is 14.4. The van der Waals surface area contributed by atoms with Crippen molar-refractivity contribution in [2.24, 2.45) is 11.1 Å². The third-order valence-corrected chi connectivity index (χ3v) is 9.05. The van der Waals surface area contributed by atoms with Crippen LogP contribution in [0.25, 0.3) is 0 Å². The summed E-state index contributed by atoms with van der Waals surface area (Å²) in [5.74, 6) is -0.847. The van der Waals surface area contributed by atoms with E-state index in [9.17, 15) is 16.8 Å². The van der Waals surface area contributed by atoms with Crippen LogP contribution >= 0.6 is 0 Å². The summed E-state index contributed by atoms with van der Waals surface area (Å²) in [4.78, 5) is 0. The lowest BCUT2D eigenvalue weighted by Gasteiger charge is -2.24. The van der Waals surface area contributed by atoms with Gasteiger partial charge in [0.05, 0.1) is 18.9 Å². The summed E-state index contributed by atoms with van der Waals surface area (Å²) < 4.78 is 94.4. The first kappa shape index (κ1) is 29.9. The van der Waals surface area contributed by atoms with Gasteiger partial charge >= 0.3 is 24.8 Å². The van der Waals surface area contributed by atoms with E-state index in [0.29, 0.717) is 12.0 Å². The van der Waals surface area contributed by atoms with E-state index in [4.69, 9.17) is 13.7 Å². The molecule has 0 heterocycles. The number of rotatable bonds is 10. The van der Waals surface area contributed by atoms with Gasteiger partial charge in [-0.05, 0) is 35.1 Å². The van der Waals surface area contributed by atoms with Crippen LogP contribution in [0.4, 0.5) is 8.78 Å². The maximum absolute atomic E-state index is 15.1. The van der Waals surface area contributed by atoms with Crippen LogP contribution in [-0.2, 0) is 59.0 Å². The van der Waals surface area contributed by atoms with Crippen molar-refractivity contribution in [2.75, 3.05) is 14.2 Å². The van der Waals surface area contributed by atoms with E-state index in [1.807, 2.05) is 20.8 Å². The van der Waals surface area contributed by atoms with Crippen molar-refractivity contribution in [1.29, 1.82) is 0 Å². The van der Waals surface area contributed by atoms with Crippen LogP contribution in [0.2, 0.25) is 0 Å². The van der Waals surface area contributed by atoms with E-state index in [1.54, 1.807) is 43.3 Å². The average Bonchev–Trinajstić information content (AvgIpc) is 3.13. The highest BCUT2D eigenvalue weighted by molar-refractivity contribution is 8.05. The predicted octanol–water partition coefficient (Wildman–Crippen LogP) is 4.48. The number of hydrogen-bond acceptors (Lipinski definition) is 9. The molecule has 210 valence electrons. The van der Waals surface area contributed by atoms with Gasteiger partial charge in [-0.3, -0.25) is 4.28 Å². The van der Waals surface area contributed by atoms with E-state index < -0.39 is 36.0 Å². The monoisotopic (exact) mass is 575 g/mol. The lowest BCUT2D eigenvalue weighted by Crippen LogP contribution is -2.41. The number of nitrogens with zero attached hydrogens (tertiary/aromatic N) is 1. The summed E-state index contributed by atoms with van der Waals surface area (Å²) in [6.07, 6.45) is 0.491. The molecule has 0 N–H and O–H groups in total. The summed E-state index contributed by atoms with van der Waals surface area (Å²) in [5, 5.41) is 3.43. The van der Waals surface area contributed by atoms with Crippen molar-refractivity contribution >= 4 is 25.9 Å². The van der Waals surface area contributed by atoms with E-state index in [1.165, 1.54) is 14.2 Å². The second-order valence-corrected chi connectivity index (χ2v) is 13.4. The quantitative estimate of drug-likeness (QED) is 0.301. The number of hydrogen-bond donors (Lipinski definition) is 0. The zero-order valence-electron chi connectivity index (χ0n) is 21.9. The average molecular weight is 576 g/mol. The Morgan fingerprint density at radius 3 is 2.03 bits per heavy atom. The number of benzene rings is 2. The van der Waals surface area contributed by atoms with Gasteiger partial charge in [-0.1, -0.05) is 57.1 Å². The molecule has 38 heavy (non-hydrogen) atoms. The van der Waals surface area contributed by atoms with Crippen LogP contribution in [0.3, 0.4) is 0 Å². The lowest BCUT2D eigenvalue weighted by atomic mass is 9.85. The van der Waals surface area contributed by atoms with Crippen LogP contribution in [0.15, 0.2) is 41.6 Å². The van der Waals surface area contributed by atoms with Gasteiger partial charge in [0.25, 0.3) is 0 Å². The fourth-order valence-corrected chi connectivity index (χ4v) is 6.00. The highest BCUT2D eigenvalue weighted by Crippen LogP contribution is 2.38. The Balaban J connectivity index is 2.00. The highest BCUT2D eigenvalue weighted by Gasteiger charge is 2.63. The molecule has 1 aliphatic carbocycles. The zero-order chi connectivity index (χ0) is 28.5. The van der Waals surface area contributed by atoms with E-state index in [2.05, 4.69) is 9.44 Å². The zero-order valence-corrected chi connectivity index (χ0v) is 23.6. The number of ether oxygens (including phenoxy) is 2. The molecule has 9 nitrogen and oxygen atoms in total. The second kappa shape index (κ2) is 10.9. The lowest BCUT2D eigenvalue weighted by molar-refractivity contribution is 0.142. The van der Waals surface area contributed by atoms with Gasteiger partial charge in [-0.15, -0.1) is 0 Å². The standard InChI is InChI=1S/C25H31F2NO8S2/c1-16-11-17-9-7-8-10-21(17)22(16)28-36-38(31,32)25(26,27)37(29,30)35-23-18(14-33-5)12-20(24(2,3)4)13-19(23)15-34-6/h7-10,12-13,16H,11,14-15H2,1-6H3/b28-22+. The molecule has 0 radical (unpaired) electrons. The number of fused-ring (bicyclic) bond motifs is 1. The molecular weight excluding hydrogens is 544 g/mol. The minimum absolute atomic E-state index is 0.112. The molecule has 3 rings (SSSR count). The topological polar surface area (TPSA) is 118 Å². The highest BCUT2D eigenvalue weighted by atomic mass is 32.3. The molecule has 0 bridgehead atoms. The molecule has 2 aromatic rings. The fraction of sp³-hybridized carbons (Fsp3) is 0.480. The Bertz CT molecular complexity index is 1400. The van der Waals surface area contributed by atoms with Crippen molar-refractivity contribution in [1.82, 2.24) is 0 Å². The molecule has 0 saturated heterocycles. The smallest absolute Gasteiger partial charge is 0.380 e. The number of oxime groups is 1. The Labute approximate surface area is 222 Å². The van der Waals surface area contributed by atoms with Crippen molar-refractivity contribution in [3.63, 3.8) is 0 Å². The summed E-state index contributed by atoms with van der Waals surface area (Å²) in [5.41, 5.74) is 2.02. The molecule has 0 amide bonds. The summed E-state index contributed by atoms with van der Waals surface area (Å²) in [6, 6.07) is 9.96. The second-order valence-electron chi connectivity index (χ2n) is 10.0. The van der Waals surface area contributed by atoms with Gasteiger partial charge in [0.15, 0.2) is 5.75 Å². The minimum atomic E-state index is -6.15. The van der Waals surface area contributed by atoms with Crippen molar-refractivity contribution in [2.45, 2.75) is 57.3 Å². The SMILES string of the molecule is COCc1cc(C(C)(C)C)cc(COC)c1OS(=O)(=O)C(F)(F)S(=O)(=O)O/N=C1/c2ccccc2CC1C. The van der Waals surface area contributed by atoms with Crippen molar-refractivity contribution < 1.29 is 43.6 Å². The summed E-state index contributed by atoms with van der Waals surface area (Å²) >= 11 is 0. The van der Waals surface area contributed by atoms with Crippen LogP contribution in [0.1, 0.15) is 55.5 Å². The first-order chi connectivity index (χ1) is 17.6. The van der Waals surface area contributed by atoms with E-state index >= 15 is 8.78 Å². The molecule has 1 unspecified atom stereocenters. The third-order valence-electron chi connectivity index (χ3n) is 6.00. The third kappa shape index (κ3) is 5.85. The molecule has 1 aliphatic rings. The van der Waals surface area contributed by atoms with Gasteiger partial charge in [0, 0.05) is 36.8 Å². The molecule has 0 spiro atoms. The molecule has 0 aliphatic heterocycles. The molecule has 2 aromatic carbocycles. The van der Waals surface area contributed by atoms with E-state index in [0.717, 1.165) is 11.1 Å².